The summed E-state index contributed by atoms with van der Waals surface area (Å²) in [7, 11) is 1.94. The number of hydrogen-bond acceptors (Lipinski definition) is 6. The van der Waals surface area contributed by atoms with Crippen LogP contribution in [0.5, 0.6) is 0 Å². The van der Waals surface area contributed by atoms with Gasteiger partial charge in [-0.1, -0.05) is 31.5 Å². The first kappa shape index (κ1) is 26.1. The largest absolute Gasteiger partial charge is 0.379 e. The lowest BCUT2D eigenvalue weighted by Gasteiger charge is -2.27. The zero-order chi connectivity index (χ0) is 25.8. The number of halogens is 2. The number of hydrogen-bond donors (Lipinski definition) is 1. The van der Waals surface area contributed by atoms with Crippen molar-refractivity contribution < 1.29 is 9.13 Å². The van der Waals surface area contributed by atoms with E-state index in [2.05, 4.69) is 21.2 Å². The predicted molar refractivity (Wildman–Crippen MR) is 141 cm³/mol. The lowest BCUT2D eigenvalue weighted by atomic mass is 10.1. The Morgan fingerprint density at radius 1 is 1.08 bits per heavy atom. The molecule has 0 aliphatic carbocycles. The molecule has 4 aromatic rings. The van der Waals surface area contributed by atoms with Crippen LogP contribution in [0.3, 0.4) is 0 Å². The number of morpholine rings is 1. The van der Waals surface area contributed by atoms with E-state index in [1.54, 1.807) is 12.1 Å². The number of nitrogens with zero attached hydrogens (tertiary/aromatic N) is 6. The first-order valence-corrected chi connectivity index (χ1v) is 12.6. The molecule has 192 valence electrons. The minimum atomic E-state index is -0.337. The van der Waals surface area contributed by atoms with Gasteiger partial charge in [0.2, 0.25) is 0 Å². The molecule has 0 spiro atoms. The van der Waals surface area contributed by atoms with Crippen LogP contribution in [0.25, 0.3) is 5.65 Å². The van der Waals surface area contributed by atoms with Gasteiger partial charge in [-0.2, -0.15) is 5.10 Å². The van der Waals surface area contributed by atoms with Gasteiger partial charge in [-0.05, 0) is 37.6 Å². The maximum atomic E-state index is 14.6. The van der Waals surface area contributed by atoms with Gasteiger partial charge in [0.05, 0.1) is 24.6 Å². The Balaban J connectivity index is 0.00000148. The highest BCUT2D eigenvalue weighted by Gasteiger charge is 2.21. The Kier molecular flexibility index (Phi) is 8.23. The first-order valence-electron chi connectivity index (χ1n) is 12.3. The number of aryl methyl sites for hydroxylation is 2. The molecule has 1 aliphatic heterocycles. The summed E-state index contributed by atoms with van der Waals surface area (Å²) in [6, 6.07) is 8.79. The quantitative estimate of drug-likeness (QED) is 0.387. The molecule has 0 amide bonds. The molecule has 8 nitrogen and oxygen atoms in total. The average Bonchev–Trinajstić information content (AvgIpc) is 3.45. The summed E-state index contributed by atoms with van der Waals surface area (Å²) in [5.74, 6) is 1.16. The highest BCUT2D eigenvalue weighted by atomic mass is 35.5. The minimum Gasteiger partial charge on any atom is -0.379 e. The van der Waals surface area contributed by atoms with Crippen LogP contribution in [-0.2, 0) is 17.7 Å². The van der Waals surface area contributed by atoms with Crippen LogP contribution in [-0.4, -0.2) is 63.0 Å². The van der Waals surface area contributed by atoms with Crippen molar-refractivity contribution in [2.24, 2.45) is 0 Å². The van der Waals surface area contributed by atoms with Gasteiger partial charge in [0.15, 0.2) is 17.3 Å². The average molecular weight is 514 g/mol. The van der Waals surface area contributed by atoms with E-state index in [1.807, 2.05) is 50.2 Å². The van der Waals surface area contributed by atoms with Gasteiger partial charge >= 0.3 is 0 Å². The molecule has 1 fully saturated rings. The lowest BCUT2D eigenvalue weighted by molar-refractivity contribution is 0.0343. The van der Waals surface area contributed by atoms with E-state index in [9.17, 15) is 4.39 Å². The molecule has 1 aliphatic rings. The maximum absolute atomic E-state index is 14.6. The van der Waals surface area contributed by atoms with Gasteiger partial charge in [-0.25, -0.2) is 13.9 Å². The van der Waals surface area contributed by atoms with Crippen LogP contribution in [0.1, 0.15) is 42.1 Å². The zero-order valence-corrected chi connectivity index (χ0v) is 22.2. The van der Waals surface area contributed by atoms with Crippen molar-refractivity contribution in [1.29, 1.82) is 0 Å². The van der Waals surface area contributed by atoms with Gasteiger partial charge in [0.1, 0.15) is 5.82 Å². The Labute approximate surface area is 216 Å². The third-order valence-corrected chi connectivity index (χ3v) is 6.43. The zero-order valence-electron chi connectivity index (χ0n) is 21.5. The molecule has 10 heteroatoms. The fourth-order valence-corrected chi connectivity index (χ4v) is 4.40. The number of rotatable bonds is 6. The molecule has 1 saturated heterocycles. The number of anilines is 2. The summed E-state index contributed by atoms with van der Waals surface area (Å²) in [5, 5.41) is 12.7. The second kappa shape index (κ2) is 11.4. The summed E-state index contributed by atoms with van der Waals surface area (Å²) in [6.07, 6.45) is 0.356. The molecule has 0 saturated carbocycles. The van der Waals surface area contributed by atoms with Crippen LogP contribution < -0.4 is 4.90 Å². The molecule has 0 unspecified atom stereocenters. The van der Waals surface area contributed by atoms with Crippen molar-refractivity contribution in [2.75, 3.05) is 38.3 Å². The Hall–Kier alpha value is -3.01. The molecule has 3 aromatic heterocycles. The maximum Gasteiger partial charge on any atom is 0.158 e. The van der Waals surface area contributed by atoms with E-state index in [-0.39, 0.29) is 5.82 Å². The van der Waals surface area contributed by atoms with Crippen molar-refractivity contribution in [3.8, 4) is 0 Å². The number of H-pyrrole nitrogens is 1. The number of benzene rings is 1. The molecule has 36 heavy (non-hydrogen) atoms. The van der Waals surface area contributed by atoms with E-state index in [0.717, 1.165) is 72.8 Å². The standard InChI is InChI=1S/C24H27ClFN7O.C2H6/c1-15-10-22(29-28-15)31(3)23-12-18(14-32-6-8-34-9-7-32)24-27-16(2)21(33(24)30-23)11-17-4-5-19(25)13-20(17)26;1-2/h4-5,10,12-13H,6-9,11,14H2,1-3H3,(H,28,29);1-2H3. The van der Waals surface area contributed by atoms with Crippen LogP contribution in [0.15, 0.2) is 30.3 Å². The van der Waals surface area contributed by atoms with Crippen LogP contribution in [0, 0.1) is 19.7 Å². The number of imidazole rings is 1. The third kappa shape index (κ3) is 5.53. The smallest absolute Gasteiger partial charge is 0.158 e. The van der Waals surface area contributed by atoms with Crippen molar-refractivity contribution in [3.63, 3.8) is 0 Å². The summed E-state index contributed by atoms with van der Waals surface area (Å²) in [4.78, 5) is 9.14. The molecule has 5 rings (SSSR count). The molecule has 0 atom stereocenters. The Morgan fingerprint density at radius 2 is 1.83 bits per heavy atom. The van der Waals surface area contributed by atoms with Gasteiger partial charge in [-0.3, -0.25) is 10.00 Å². The second-order valence-electron chi connectivity index (χ2n) is 8.68. The molecule has 4 heterocycles. The third-order valence-electron chi connectivity index (χ3n) is 6.19. The second-order valence-corrected chi connectivity index (χ2v) is 9.11. The van der Waals surface area contributed by atoms with E-state index in [1.165, 1.54) is 6.07 Å². The van der Waals surface area contributed by atoms with E-state index in [4.69, 9.17) is 26.4 Å². The molecule has 1 aromatic carbocycles. The lowest BCUT2D eigenvalue weighted by Crippen LogP contribution is -2.35. The number of aromatic amines is 1. The fourth-order valence-electron chi connectivity index (χ4n) is 4.24. The van der Waals surface area contributed by atoms with Crippen LogP contribution in [0.4, 0.5) is 16.0 Å². The summed E-state index contributed by atoms with van der Waals surface area (Å²) in [5.41, 5.74) is 5.01. The monoisotopic (exact) mass is 513 g/mol. The minimum absolute atomic E-state index is 0.337. The van der Waals surface area contributed by atoms with Crippen LogP contribution in [0.2, 0.25) is 5.02 Å². The Morgan fingerprint density at radius 3 is 2.50 bits per heavy atom. The fraction of sp³-hybridized carbons (Fsp3) is 0.423. The van der Waals surface area contributed by atoms with E-state index >= 15 is 0 Å². The summed E-state index contributed by atoms with van der Waals surface area (Å²) < 4.78 is 22.0. The molecule has 0 radical (unpaired) electrons. The van der Waals surface area contributed by atoms with Crippen molar-refractivity contribution in [1.82, 2.24) is 29.7 Å². The van der Waals surface area contributed by atoms with E-state index < -0.39 is 0 Å². The van der Waals surface area contributed by atoms with Crippen LogP contribution >= 0.6 is 11.6 Å². The number of aromatic nitrogens is 5. The summed E-state index contributed by atoms with van der Waals surface area (Å²) in [6.45, 7) is 11.8. The van der Waals surface area contributed by atoms with E-state index in [0.29, 0.717) is 17.0 Å². The molecular weight excluding hydrogens is 481 g/mol. The van der Waals surface area contributed by atoms with Crippen molar-refractivity contribution in [3.05, 3.63) is 69.4 Å². The number of ether oxygens (including phenoxy) is 1. The van der Waals surface area contributed by atoms with Gasteiger partial charge in [0, 0.05) is 55.4 Å². The first-order chi connectivity index (χ1) is 17.4. The SMILES string of the molecule is CC.Cc1cc(N(C)c2cc(CN3CCOCC3)c3nc(C)c(Cc4ccc(Cl)cc4F)n3n2)n[nH]1. The highest BCUT2D eigenvalue weighted by Crippen LogP contribution is 2.27. The van der Waals surface area contributed by atoms with Gasteiger partial charge in [0.25, 0.3) is 0 Å². The van der Waals surface area contributed by atoms with Gasteiger partial charge in [-0.15, -0.1) is 5.10 Å². The van der Waals surface area contributed by atoms with Crippen molar-refractivity contribution >= 4 is 28.9 Å². The normalized spacial score (nSPS) is 14.1. The highest BCUT2D eigenvalue weighted by molar-refractivity contribution is 6.30. The number of fused-ring (bicyclic) bond motifs is 1. The van der Waals surface area contributed by atoms with Crippen molar-refractivity contribution in [2.45, 2.75) is 40.7 Å². The van der Waals surface area contributed by atoms with Gasteiger partial charge < -0.3 is 9.64 Å². The number of nitrogens with one attached hydrogen (secondary N) is 1. The predicted octanol–water partition coefficient (Wildman–Crippen LogP) is 5.08. The summed E-state index contributed by atoms with van der Waals surface area (Å²) >= 11 is 5.96. The Bertz CT molecular complexity index is 1330. The molecule has 1 N–H and O–H groups in total. The molecule has 0 bridgehead atoms. The topological polar surface area (TPSA) is 74.6 Å². The molecular formula is C26H33ClFN7O.